The second kappa shape index (κ2) is 7.84. The maximum Gasteiger partial charge on any atom is 0.321 e. The van der Waals surface area contributed by atoms with Gasteiger partial charge in [0.2, 0.25) is 6.79 Å². The summed E-state index contributed by atoms with van der Waals surface area (Å²) in [5.41, 5.74) is 1.77. The molecule has 0 aliphatic carbocycles. The smallest absolute Gasteiger partial charge is 0.321 e. The van der Waals surface area contributed by atoms with Gasteiger partial charge in [-0.15, -0.1) is 0 Å². The summed E-state index contributed by atoms with van der Waals surface area (Å²) in [7, 11) is 0. The Hall–Kier alpha value is -2.15. The lowest BCUT2D eigenvalue weighted by atomic mass is 10.1. The van der Waals surface area contributed by atoms with E-state index in [0.29, 0.717) is 28.8 Å². The number of carbonyl (C=O) groups excluding carboxylic acids is 1. The lowest BCUT2D eigenvalue weighted by molar-refractivity contribution is 0.143. The molecule has 8 heteroatoms. The fourth-order valence-electron chi connectivity index (χ4n) is 3.24. The summed E-state index contributed by atoms with van der Waals surface area (Å²) in [5.74, 6) is 1.59. The van der Waals surface area contributed by atoms with Crippen LogP contribution in [0.4, 0.5) is 10.5 Å². The summed E-state index contributed by atoms with van der Waals surface area (Å²) in [4.78, 5) is 16.6. The number of nitrogens with zero attached hydrogens (tertiary/aromatic N) is 2. The Morgan fingerprint density at radius 3 is 2.41 bits per heavy atom. The van der Waals surface area contributed by atoms with E-state index in [9.17, 15) is 4.79 Å². The van der Waals surface area contributed by atoms with E-state index in [4.69, 9.17) is 32.7 Å². The Balaban J connectivity index is 1.30. The molecule has 6 nitrogen and oxygen atoms in total. The zero-order valence-electron chi connectivity index (χ0n) is 14.6. The van der Waals surface area contributed by atoms with Crippen molar-refractivity contribution in [2.24, 2.45) is 0 Å². The van der Waals surface area contributed by atoms with Crippen molar-refractivity contribution < 1.29 is 14.3 Å². The minimum absolute atomic E-state index is 0.143. The van der Waals surface area contributed by atoms with Crippen LogP contribution in [0.2, 0.25) is 10.0 Å². The summed E-state index contributed by atoms with van der Waals surface area (Å²) in [6.45, 7) is 4.02. The zero-order valence-corrected chi connectivity index (χ0v) is 16.1. The van der Waals surface area contributed by atoms with Gasteiger partial charge in [0.05, 0.1) is 0 Å². The summed E-state index contributed by atoms with van der Waals surface area (Å²) in [6.07, 6.45) is 0. The lowest BCUT2D eigenvalue weighted by Gasteiger charge is -2.34. The van der Waals surface area contributed by atoms with Gasteiger partial charge in [-0.3, -0.25) is 4.90 Å². The summed E-state index contributed by atoms with van der Waals surface area (Å²) >= 11 is 12.0. The quantitative estimate of drug-likeness (QED) is 0.832. The number of urea groups is 1. The topological polar surface area (TPSA) is 54.0 Å². The van der Waals surface area contributed by atoms with Crippen molar-refractivity contribution >= 4 is 34.9 Å². The number of hydrogen-bond acceptors (Lipinski definition) is 4. The molecule has 0 saturated carbocycles. The Morgan fingerprint density at radius 2 is 1.67 bits per heavy atom. The Morgan fingerprint density at radius 1 is 0.963 bits per heavy atom. The van der Waals surface area contributed by atoms with E-state index in [1.54, 1.807) is 23.1 Å². The predicted octanol–water partition coefficient (Wildman–Crippen LogP) is 4.07. The highest BCUT2D eigenvalue weighted by Gasteiger charge is 2.22. The molecule has 1 saturated heterocycles. The van der Waals surface area contributed by atoms with Crippen LogP contribution in [0.25, 0.3) is 0 Å². The first-order valence-corrected chi connectivity index (χ1v) is 9.45. The zero-order chi connectivity index (χ0) is 18.8. The van der Waals surface area contributed by atoms with Crippen LogP contribution in [0.5, 0.6) is 11.5 Å². The standard InChI is InChI=1S/C19H19Cl2N3O3/c20-14-8-15(21)10-16(9-14)22-19(25)24-5-3-23(4-6-24)11-13-1-2-17-18(7-13)27-12-26-17/h1-2,7-10H,3-6,11-12H2,(H,22,25). The molecule has 0 radical (unpaired) electrons. The molecule has 2 amide bonds. The van der Waals surface area contributed by atoms with Crippen molar-refractivity contribution in [3.63, 3.8) is 0 Å². The van der Waals surface area contributed by atoms with Crippen LogP contribution in [0.3, 0.4) is 0 Å². The van der Waals surface area contributed by atoms with Crippen molar-refractivity contribution in [1.82, 2.24) is 9.80 Å². The number of piperazine rings is 1. The molecule has 0 spiro atoms. The number of carbonyl (C=O) groups is 1. The normalized spacial score (nSPS) is 16.4. The van der Waals surface area contributed by atoms with Crippen LogP contribution in [0, 0.1) is 0 Å². The van der Waals surface area contributed by atoms with Crippen molar-refractivity contribution in [2.45, 2.75) is 6.54 Å². The molecule has 2 aromatic rings. The number of hydrogen-bond donors (Lipinski definition) is 1. The fraction of sp³-hybridized carbons (Fsp3) is 0.316. The average Bonchev–Trinajstić information content (AvgIpc) is 3.09. The molecule has 2 aliphatic rings. The number of fused-ring (bicyclic) bond motifs is 1. The highest BCUT2D eigenvalue weighted by molar-refractivity contribution is 6.35. The number of ether oxygens (including phenoxy) is 2. The van der Waals surface area contributed by atoms with E-state index in [0.717, 1.165) is 31.1 Å². The predicted molar refractivity (Wildman–Crippen MR) is 105 cm³/mol. The van der Waals surface area contributed by atoms with Gasteiger partial charge in [-0.25, -0.2) is 4.79 Å². The van der Waals surface area contributed by atoms with Crippen molar-refractivity contribution in [2.75, 3.05) is 38.3 Å². The molecular weight excluding hydrogens is 389 g/mol. The first kappa shape index (κ1) is 18.2. The monoisotopic (exact) mass is 407 g/mol. The van der Waals surface area contributed by atoms with Crippen molar-refractivity contribution in [1.29, 1.82) is 0 Å². The van der Waals surface area contributed by atoms with Gasteiger partial charge in [-0.1, -0.05) is 29.3 Å². The molecule has 2 aliphatic heterocycles. The number of benzene rings is 2. The largest absolute Gasteiger partial charge is 0.454 e. The van der Waals surface area contributed by atoms with E-state index in [-0.39, 0.29) is 12.8 Å². The molecule has 1 fully saturated rings. The number of amides is 2. The third kappa shape index (κ3) is 4.40. The minimum Gasteiger partial charge on any atom is -0.454 e. The first-order valence-electron chi connectivity index (χ1n) is 8.70. The average molecular weight is 408 g/mol. The maximum atomic E-state index is 12.5. The number of nitrogens with one attached hydrogen (secondary N) is 1. The van der Waals surface area contributed by atoms with Crippen LogP contribution in [0.15, 0.2) is 36.4 Å². The van der Waals surface area contributed by atoms with Crippen LogP contribution in [0.1, 0.15) is 5.56 Å². The Kier molecular flexibility index (Phi) is 5.29. The van der Waals surface area contributed by atoms with E-state index in [1.165, 1.54) is 5.56 Å². The van der Waals surface area contributed by atoms with E-state index >= 15 is 0 Å². The molecule has 4 rings (SSSR count). The van der Waals surface area contributed by atoms with Crippen LogP contribution >= 0.6 is 23.2 Å². The van der Waals surface area contributed by atoms with Gasteiger partial charge < -0.3 is 19.7 Å². The highest BCUT2D eigenvalue weighted by atomic mass is 35.5. The van der Waals surface area contributed by atoms with Gasteiger partial charge in [0, 0.05) is 48.5 Å². The SMILES string of the molecule is O=C(Nc1cc(Cl)cc(Cl)c1)N1CCN(Cc2ccc3c(c2)OCO3)CC1. The van der Waals surface area contributed by atoms with Crippen molar-refractivity contribution in [3.05, 3.63) is 52.0 Å². The molecule has 27 heavy (non-hydrogen) atoms. The Labute approximate surface area is 167 Å². The lowest BCUT2D eigenvalue weighted by Crippen LogP contribution is -2.49. The highest BCUT2D eigenvalue weighted by Crippen LogP contribution is 2.32. The molecule has 142 valence electrons. The van der Waals surface area contributed by atoms with E-state index < -0.39 is 0 Å². The number of halogens is 2. The fourth-order valence-corrected chi connectivity index (χ4v) is 3.76. The molecule has 0 atom stereocenters. The van der Waals surface area contributed by atoms with Gasteiger partial charge >= 0.3 is 6.03 Å². The second-order valence-corrected chi connectivity index (χ2v) is 7.41. The van der Waals surface area contributed by atoms with Gasteiger partial charge in [0.1, 0.15) is 0 Å². The molecule has 0 bridgehead atoms. The Bertz CT molecular complexity index is 834. The van der Waals surface area contributed by atoms with Crippen LogP contribution in [-0.2, 0) is 6.54 Å². The number of anilines is 1. The second-order valence-electron chi connectivity index (χ2n) is 6.54. The molecule has 0 aromatic heterocycles. The molecule has 0 unspecified atom stereocenters. The molecular formula is C19H19Cl2N3O3. The van der Waals surface area contributed by atoms with Crippen LogP contribution < -0.4 is 14.8 Å². The van der Waals surface area contributed by atoms with E-state index in [2.05, 4.69) is 16.3 Å². The van der Waals surface area contributed by atoms with Gasteiger partial charge in [0.25, 0.3) is 0 Å². The van der Waals surface area contributed by atoms with Gasteiger partial charge in [-0.2, -0.15) is 0 Å². The maximum absolute atomic E-state index is 12.5. The van der Waals surface area contributed by atoms with Crippen LogP contribution in [-0.4, -0.2) is 48.8 Å². The van der Waals surface area contributed by atoms with Gasteiger partial charge in [0.15, 0.2) is 11.5 Å². The molecule has 2 heterocycles. The number of rotatable bonds is 3. The third-order valence-corrected chi connectivity index (χ3v) is 5.05. The van der Waals surface area contributed by atoms with Crippen molar-refractivity contribution in [3.8, 4) is 11.5 Å². The molecule has 1 N–H and O–H groups in total. The van der Waals surface area contributed by atoms with E-state index in [1.807, 2.05) is 12.1 Å². The summed E-state index contributed by atoms with van der Waals surface area (Å²) < 4.78 is 10.8. The minimum atomic E-state index is -0.143. The van der Waals surface area contributed by atoms with Gasteiger partial charge in [-0.05, 0) is 35.9 Å². The summed E-state index contributed by atoms with van der Waals surface area (Å²) in [6, 6.07) is 10.9. The molecule has 2 aromatic carbocycles. The first-order chi connectivity index (χ1) is 13.1. The summed E-state index contributed by atoms with van der Waals surface area (Å²) in [5, 5.41) is 3.84. The third-order valence-electron chi connectivity index (χ3n) is 4.62.